The van der Waals surface area contributed by atoms with Crippen LogP contribution in [0.2, 0.25) is 0 Å². The highest BCUT2D eigenvalue weighted by molar-refractivity contribution is 5.87. The van der Waals surface area contributed by atoms with Crippen molar-refractivity contribution in [1.82, 2.24) is 0 Å². The summed E-state index contributed by atoms with van der Waals surface area (Å²) in [6.45, 7) is 6.24. The Morgan fingerprint density at radius 1 is 0.720 bits per heavy atom. The molecule has 3 nitrogen and oxygen atoms in total. The predicted molar refractivity (Wildman–Crippen MR) is 106 cm³/mol. The average Bonchev–Trinajstić information content (AvgIpc) is 2.62. The van der Waals surface area contributed by atoms with E-state index in [0.717, 1.165) is 12.8 Å². The average molecular weight is 355 g/mol. The summed E-state index contributed by atoms with van der Waals surface area (Å²) in [7, 11) is 0. The Labute approximate surface area is 156 Å². The monoisotopic (exact) mass is 354 g/mol. The minimum Gasteiger partial charge on any atom is -0.293 e. The van der Waals surface area contributed by atoms with Crippen LogP contribution in [0, 0.1) is 0 Å². The Kier molecular flexibility index (Phi) is 18.8. The third kappa shape index (κ3) is 17.8. The van der Waals surface area contributed by atoms with Crippen molar-refractivity contribution in [1.29, 1.82) is 0 Å². The van der Waals surface area contributed by atoms with Crippen molar-refractivity contribution in [3.63, 3.8) is 0 Å². The van der Waals surface area contributed by atoms with E-state index in [9.17, 15) is 4.79 Å². The third-order valence-electron chi connectivity index (χ3n) is 4.58. The lowest BCUT2D eigenvalue weighted by Crippen LogP contribution is -2.06. The van der Waals surface area contributed by atoms with Gasteiger partial charge in [0.15, 0.2) is 0 Å². The van der Waals surface area contributed by atoms with Crippen LogP contribution in [-0.2, 0) is 14.6 Å². The van der Waals surface area contributed by atoms with E-state index in [1.165, 1.54) is 83.5 Å². The number of hydrogen-bond acceptors (Lipinski definition) is 3. The van der Waals surface area contributed by atoms with Crippen LogP contribution in [0.5, 0.6) is 0 Å². The van der Waals surface area contributed by atoms with Crippen LogP contribution in [-0.4, -0.2) is 12.6 Å². The quantitative estimate of drug-likeness (QED) is 0.112. The summed E-state index contributed by atoms with van der Waals surface area (Å²) in [6.07, 6.45) is 22.1. The highest BCUT2D eigenvalue weighted by atomic mass is 17.2. The third-order valence-corrected chi connectivity index (χ3v) is 4.58. The van der Waals surface area contributed by atoms with Crippen LogP contribution in [0.4, 0.5) is 0 Å². The second kappa shape index (κ2) is 19.5. The Hall–Kier alpha value is -0.830. The summed E-state index contributed by atoms with van der Waals surface area (Å²) < 4.78 is 0. The summed E-state index contributed by atoms with van der Waals surface area (Å²) in [6, 6.07) is 0. The molecule has 0 spiro atoms. The molecule has 0 heterocycles. The first kappa shape index (κ1) is 24.2. The van der Waals surface area contributed by atoms with Crippen LogP contribution in [0.25, 0.3) is 0 Å². The molecule has 0 aliphatic carbocycles. The molecule has 148 valence electrons. The van der Waals surface area contributed by atoms with Gasteiger partial charge in [0.25, 0.3) is 0 Å². The Bertz CT molecular complexity index is 323. The molecule has 0 saturated carbocycles. The number of allylic oxidation sites excluding steroid dienone is 1. The van der Waals surface area contributed by atoms with E-state index < -0.39 is 0 Å². The van der Waals surface area contributed by atoms with Gasteiger partial charge in [0, 0.05) is 5.57 Å². The fourth-order valence-corrected chi connectivity index (χ4v) is 2.92. The fourth-order valence-electron chi connectivity index (χ4n) is 2.92. The largest absolute Gasteiger partial charge is 0.368 e. The van der Waals surface area contributed by atoms with Gasteiger partial charge >= 0.3 is 5.97 Å². The minimum absolute atomic E-state index is 0.368. The molecular weight excluding hydrogens is 312 g/mol. The molecular formula is C22H42O3. The van der Waals surface area contributed by atoms with E-state index >= 15 is 0 Å². The van der Waals surface area contributed by atoms with Crippen LogP contribution < -0.4 is 0 Å². The van der Waals surface area contributed by atoms with E-state index in [0.29, 0.717) is 12.2 Å². The second-order valence-electron chi connectivity index (χ2n) is 7.05. The molecule has 0 aliphatic heterocycles. The molecule has 0 radical (unpaired) electrons. The molecule has 3 heteroatoms. The van der Waals surface area contributed by atoms with E-state index in [1.807, 2.05) is 6.08 Å². The van der Waals surface area contributed by atoms with Gasteiger partial charge in [-0.05, 0) is 26.7 Å². The van der Waals surface area contributed by atoms with Crippen LogP contribution in [0.15, 0.2) is 11.6 Å². The number of carbonyl (C=O) groups is 1. The van der Waals surface area contributed by atoms with Gasteiger partial charge in [0.2, 0.25) is 0 Å². The van der Waals surface area contributed by atoms with Crippen molar-refractivity contribution in [2.75, 3.05) is 6.61 Å². The number of rotatable bonds is 18. The molecule has 0 unspecified atom stereocenters. The molecule has 0 saturated heterocycles. The standard InChI is InChI=1S/C22H42O3/c1-4-6-7-8-9-10-11-12-13-14-15-16-17-18-19-20-21(3)22(23)25-24-5-2/h20H,4-19H2,1-3H3. The Morgan fingerprint density at radius 2 is 1.16 bits per heavy atom. The van der Waals surface area contributed by atoms with Gasteiger partial charge in [0.1, 0.15) is 0 Å². The maximum atomic E-state index is 11.5. The van der Waals surface area contributed by atoms with Gasteiger partial charge in [0.05, 0.1) is 6.61 Å². The summed E-state index contributed by atoms with van der Waals surface area (Å²) in [5.74, 6) is -0.368. The van der Waals surface area contributed by atoms with Gasteiger partial charge in [-0.15, -0.1) is 0 Å². The molecule has 0 atom stereocenters. The number of hydrogen-bond donors (Lipinski definition) is 0. The lowest BCUT2D eigenvalue weighted by atomic mass is 10.0. The van der Waals surface area contributed by atoms with E-state index in [-0.39, 0.29) is 5.97 Å². The number of unbranched alkanes of at least 4 members (excludes halogenated alkanes) is 14. The lowest BCUT2D eigenvalue weighted by Gasteiger charge is -2.03. The maximum Gasteiger partial charge on any atom is 0.368 e. The zero-order valence-electron chi connectivity index (χ0n) is 17.1. The zero-order valence-corrected chi connectivity index (χ0v) is 17.1. The van der Waals surface area contributed by atoms with E-state index in [2.05, 4.69) is 16.7 Å². The molecule has 0 aromatic carbocycles. The summed E-state index contributed by atoms with van der Waals surface area (Å²) in [5, 5.41) is 0. The van der Waals surface area contributed by atoms with E-state index in [4.69, 9.17) is 0 Å². The van der Waals surface area contributed by atoms with Crippen LogP contribution >= 0.6 is 0 Å². The van der Waals surface area contributed by atoms with Crippen molar-refractivity contribution in [2.45, 2.75) is 117 Å². The molecule has 0 bridgehead atoms. The maximum absolute atomic E-state index is 11.5. The van der Waals surface area contributed by atoms with Crippen molar-refractivity contribution in [3.8, 4) is 0 Å². The first-order chi connectivity index (χ1) is 12.2. The smallest absolute Gasteiger partial charge is 0.293 e. The molecule has 0 rings (SSSR count). The van der Waals surface area contributed by atoms with E-state index in [1.54, 1.807) is 13.8 Å². The molecule has 25 heavy (non-hydrogen) atoms. The van der Waals surface area contributed by atoms with Crippen LogP contribution in [0.3, 0.4) is 0 Å². The lowest BCUT2D eigenvalue weighted by molar-refractivity contribution is -0.265. The minimum atomic E-state index is -0.368. The molecule has 0 amide bonds. The van der Waals surface area contributed by atoms with Crippen LogP contribution in [0.1, 0.15) is 117 Å². The second-order valence-corrected chi connectivity index (χ2v) is 7.05. The van der Waals surface area contributed by atoms with Gasteiger partial charge in [-0.2, -0.15) is 4.89 Å². The first-order valence-corrected chi connectivity index (χ1v) is 10.7. The van der Waals surface area contributed by atoms with Crippen molar-refractivity contribution >= 4 is 5.97 Å². The Morgan fingerprint density at radius 3 is 1.60 bits per heavy atom. The summed E-state index contributed by atoms with van der Waals surface area (Å²) in [5.41, 5.74) is 0.642. The van der Waals surface area contributed by atoms with Crippen molar-refractivity contribution in [2.24, 2.45) is 0 Å². The molecule has 0 fully saturated rings. The fraction of sp³-hybridized carbons (Fsp3) is 0.864. The summed E-state index contributed by atoms with van der Waals surface area (Å²) >= 11 is 0. The van der Waals surface area contributed by atoms with Gasteiger partial charge < -0.3 is 0 Å². The molecule has 0 N–H and O–H groups in total. The molecule has 0 aromatic rings. The highest BCUT2D eigenvalue weighted by Crippen LogP contribution is 2.13. The van der Waals surface area contributed by atoms with Gasteiger partial charge in [-0.3, -0.25) is 4.89 Å². The normalized spacial score (nSPS) is 11.7. The molecule has 0 aromatic heterocycles. The Balaban J connectivity index is 3.27. The SMILES string of the molecule is CCCCCCCCCCCCCCCCC=C(C)C(=O)OOCC. The van der Waals surface area contributed by atoms with Gasteiger partial charge in [-0.25, -0.2) is 4.79 Å². The summed E-state index contributed by atoms with van der Waals surface area (Å²) in [4.78, 5) is 20.7. The predicted octanol–water partition coefficient (Wildman–Crippen LogP) is 7.30. The van der Waals surface area contributed by atoms with Gasteiger partial charge in [-0.1, -0.05) is 96.5 Å². The number of carbonyl (C=O) groups excluding carboxylic acids is 1. The topological polar surface area (TPSA) is 35.5 Å². The zero-order chi connectivity index (χ0) is 18.6. The first-order valence-electron chi connectivity index (χ1n) is 10.7. The highest BCUT2D eigenvalue weighted by Gasteiger charge is 2.05. The van der Waals surface area contributed by atoms with Crippen molar-refractivity contribution < 1.29 is 14.6 Å². The molecule has 0 aliphatic rings. The van der Waals surface area contributed by atoms with Crippen molar-refractivity contribution in [3.05, 3.63) is 11.6 Å².